The van der Waals surface area contributed by atoms with Gasteiger partial charge < -0.3 is 9.30 Å². The summed E-state index contributed by atoms with van der Waals surface area (Å²) < 4.78 is 1.98. The summed E-state index contributed by atoms with van der Waals surface area (Å²) in [6, 6.07) is 12.1. The SMILES string of the molecule is Cc1cccn2cc(CC(=O)N(C3CC3)C(C)c3ccccc3Cl)nc12. The molecule has 5 heteroatoms. The molecule has 3 aromatic rings. The minimum absolute atomic E-state index is 0.0394. The Hall–Kier alpha value is -2.33. The maximum absolute atomic E-state index is 13.1. The van der Waals surface area contributed by atoms with E-state index in [1.54, 1.807) is 0 Å². The van der Waals surface area contributed by atoms with E-state index in [4.69, 9.17) is 11.6 Å². The first-order chi connectivity index (χ1) is 12.5. The molecule has 1 fully saturated rings. The van der Waals surface area contributed by atoms with E-state index in [1.165, 1.54) is 0 Å². The van der Waals surface area contributed by atoms with Gasteiger partial charge in [0.05, 0.1) is 18.2 Å². The molecule has 0 radical (unpaired) electrons. The van der Waals surface area contributed by atoms with Gasteiger partial charge in [-0.1, -0.05) is 35.9 Å². The van der Waals surface area contributed by atoms with Gasteiger partial charge in [-0.15, -0.1) is 0 Å². The normalized spacial score (nSPS) is 15.2. The van der Waals surface area contributed by atoms with Crippen molar-refractivity contribution in [2.75, 3.05) is 0 Å². The zero-order chi connectivity index (χ0) is 18.3. The first kappa shape index (κ1) is 17.1. The molecule has 0 saturated heterocycles. The lowest BCUT2D eigenvalue weighted by Gasteiger charge is -2.30. The lowest BCUT2D eigenvalue weighted by Crippen LogP contribution is -2.36. The maximum atomic E-state index is 13.1. The molecular weight excluding hydrogens is 346 g/mol. The third kappa shape index (κ3) is 3.21. The summed E-state index contributed by atoms with van der Waals surface area (Å²) in [7, 11) is 0. The fraction of sp³-hybridized carbons (Fsp3) is 0.333. The standard InChI is InChI=1S/C21H22ClN3O/c1-14-6-5-11-24-13-16(23-21(14)24)12-20(26)25(17-9-10-17)15(2)18-7-3-4-8-19(18)22/h3-8,11,13,15,17H,9-10,12H2,1-2H3. The summed E-state index contributed by atoms with van der Waals surface area (Å²) in [4.78, 5) is 19.8. The second kappa shape index (κ2) is 6.76. The summed E-state index contributed by atoms with van der Waals surface area (Å²) in [5, 5.41) is 0.710. The molecule has 2 aromatic heterocycles. The quantitative estimate of drug-likeness (QED) is 0.661. The van der Waals surface area contributed by atoms with Crippen molar-refractivity contribution in [3.63, 3.8) is 0 Å². The van der Waals surface area contributed by atoms with Crippen molar-refractivity contribution >= 4 is 23.2 Å². The number of carbonyl (C=O) groups is 1. The molecule has 4 nitrogen and oxygen atoms in total. The van der Waals surface area contributed by atoms with Crippen molar-refractivity contribution in [1.82, 2.24) is 14.3 Å². The lowest BCUT2D eigenvalue weighted by molar-refractivity contribution is -0.133. The van der Waals surface area contributed by atoms with Crippen LogP contribution < -0.4 is 0 Å². The minimum Gasteiger partial charge on any atom is -0.333 e. The van der Waals surface area contributed by atoms with Gasteiger partial charge in [0, 0.05) is 23.5 Å². The third-order valence-electron chi connectivity index (χ3n) is 5.06. The highest BCUT2D eigenvalue weighted by molar-refractivity contribution is 6.31. The van der Waals surface area contributed by atoms with Crippen molar-refractivity contribution in [1.29, 1.82) is 0 Å². The van der Waals surface area contributed by atoms with E-state index in [1.807, 2.05) is 65.0 Å². The smallest absolute Gasteiger partial charge is 0.229 e. The number of rotatable bonds is 5. The number of hydrogen-bond acceptors (Lipinski definition) is 2. The lowest BCUT2D eigenvalue weighted by atomic mass is 10.1. The summed E-state index contributed by atoms with van der Waals surface area (Å²) in [5.41, 5.74) is 3.82. The molecule has 0 bridgehead atoms. The van der Waals surface area contributed by atoms with Crippen LogP contribution in [0.3, 0.4) is 0 Å². The van der Waals surface area contributed by atoms with Crippen LogP contribution in [0.2, 0.25) is 5.02 Å². The number of fused-ring (bicyclic) bond motifs is 1. The topological polar surface area (TPSA) is 37.6 Å². The van der Waals surface area contributed by atoms with Crippen LogP contribution in [0.15, 0.2) is 48.8 Å². The van der Waals surface area contributed by atoms with Crippen LogP contribution in [0.1, 0.15) is 42.6 Å². The molecular formula is C21H22ClN3O. The third-order valence-corrected chi connectivity index (χ3v) is 5.41. The van der Waals surface area contributed by atoms with Gasteiger partial charge in [0.25, 0.3) is 0 Å². The molecule has 2 heterocycles. The second-order valence-corrected chi connectivity index (χ2v) is 7.47. The number of halogens is 1. The Bertz CT molecular complexity index is 961. The molecule has 26 heavy (non-hydrogen) atoms. The molecule has 1 saturated carbocycles. The first-order valence-electron chi connectivity index (χ1n) is 9.03. The molecule has 1 unspecified atom stereocenters. The Morgan fingerprint density at radius 2 is 2.08 bits per heavy atom. The first-order valence-corrected chi connectivity index (χ1v) is 9.41. The van der Waals surface area contributed by atoms with Crippen molar-refractivity contribution in [2.45, 2.75) is 45.2 Å². The highest BCUT2D eigenvalue weighted by atomic mass is 35.5. The average Bonchev–Trinajstić information content (AvgIpc) is 3.34. The van der Waals surface area contributed by atoms with Crippen LogP contribution >= 0.6 is 11.6 Å². The van der Waals surface area contributed by atoms with Gasteiger partial charge in [-0.3, -0.25) is 4.79 Å². The fourth-order valence-electron chi connectivity index (χ4n) is 3.59. The summed E-state index contributed by atoms with van der Waals surface area (Å²) in [5.74, 6) is 0.112. The molecule has 0 spiro atoms. The van der Waals surface area contributed by atoms with E-state index < -0.39 is 0 Å². The van der Waals surface area contributed by atoms with Crippen molar-refractivity contribution < 1.29 is 4.79 Å². The van der Waals surface area contributed by atoms with Crippen LogP contribution in [-0.4, -0.2) is 26.2 Å². The van der Waals surface area contributed by atoms with Crippen LogP contribution in [0.5, 0.6) is 0 Å². The number of nitrogens with zero attached hydrogens (tertiary/aromatic N) is 3. The molecule has 1 atom stereocenters. The fourth-order valence-corrected chi connectivity index (χ4v) is 3.88. The second-order valence-electron chi connectivity index (χ2n) is 7.06. The van der Waals surface area contributed by atoms with E-state index in [0.717, 1.165) is 35.3 Å². The summed E-state index contributed by atoms with van der Waals surface area (Å²) in [6.45, 7) is 4.09. The predicted molar refractivity (Wildman–Crippen MR) is 103 cm³/mol. The monoisotopic (exact) mass is 367 g/mol. The number of imidazole rings is 1. The Labute approximate surface area is 158 Å². The summed E-state index contributed by atoms with van der Waals surface area (Å²) in [6.07, 6.45) is 6.35. The van der Waals surface area contributed by atoms with E-state index in [-0.39, 0.29) is 11.9 Å². The minimum atomic E-state index is -0.0394. The number of carbonyl (C=O) groups excluding carboxylic acids is 1. The molecule has 1 aromatic carbocycles. The average molecular weight is 368 g/mol. The number of benzene rings is 1. The number of hydrogen-bond donors (Lipinski definition) is 0. The highest BCUT2D eigenvalue weighted by Crippen LogP contribution is 2.36. The van der Waals surface area contributed by atoms with Gasteiger partial charge in [0.1, 0.15) is 5.65 Å². The van der Waals surface area contributed by atoms with Gasteiger partial charge in [0.15, 0.2) is 0 Å². The van der Waals surface area contributed by atoms with Gasteiger partial charge >= 0.3 is 0 Å². The Balaban J connectivity index is 1.59. The molecule has 1 aliphatic rings. The predicted octanol–water partition coefficient (Wildman–Crippen LogP) is 4.59. The number of aromatic nitrogens is 2. The largest absolute Gasteiger partial charge is 0.333 e. The molecule has 1 amide bonds. The maximum Gasteiger partial charge on any atom is 0.229 e. The van der Waals surface area contributed by atoms with Crippen LogP contribution in [-0.2, 0) is 11.2 Å². The highest BCUT2D eigenvalue weighted by Gasteiger charge is 2.36. The van der Waals surface area contributed by atoms with Crippen molar-refractivity contribution in [2.24, 2.45) is 0 Å². The van der Waals surface area contributed by atoms with Gasteiger partial charge in [-0.05, 0) is 49.9 Å². The van der Waals surface area contributed by atoms with E-state index in [0.29, 0.717) is 17.5 Å². The molecule has 4 rings (SSSR count). The van der Waals surface area contributed by atoms with Gasteiger partial charge in [-0.2, -0.15) is 0 Å². The van der Waals surface area contributed by atoms with Crippen LogP contribution in [0.25, 0.3) is 5.65 Å². The number of pyridine rings is 1. The van der Waals surface area contributed by atoms with Crippen LogP contribution in [0.4, 0.5) is 0 Å². The molecule has 1 aliphatic carbocycles. The Morgan fingerprint density at radius 1 is 1.31 bits per heavy atom. The van der Waals surface area contributed by atoms with Gasteiger partial charge in [-0.25, -0.2) is 4.98 Å². The van der Waals surface area contributed by atoms with E-state index in [9.17, 15) is 4.79 Å². The van der Waals surface area contributed by atoms with E-state index >= 15 is 0 Å². The zero-order valence-corrected chi connectivity index (χ0v) is 15.8. The number of amides is 1. The van der Waals surface area contributed by atoms with Crippen molar-refractivity contribution in [3.05, 3.63) is 70.6 Å². The Morgan fingerprint density at radius 3 is 2.77 bits per heavy atom. The molecule has 0 aliphatic heterocycles. The van der Waals surface area contributed by atoms with E-state index in [2.05, 4.69) is 11.9 Å². The zero-order valence-electron chi connectivity index (χ0n) is 15.0. The van der Waals surface area contributed by atoms with Crippen LogP contribution in [0, 0.1) is 6.92 Å². The van der Waals surface area contributed by atoms with Crippen molar-refractivity contribution in [3.8, 4) is 0 Å². The van der Waals surface area contributed by atoms with Gasteiger partial charge in [0.2, 0.25) is 5.91 Å². The summed E-state index contributed by atoms with van der Waals surface area (Å²) >= 11 is 6.37. The molecule has 0 N–H and O–H groups in total. The molecule has 134 valence electrons. The Kier molecular flexibility index (Phi) is 4.45. The number of aryl methyl sites for hydroxylation is 1.